The molecule has 5 aromatic rings. The fourth-order valence-electron chi connectivity index (χ4n) is 4.62. The van der Waals surface area contributed by atoms with Crippen LogP contribution in [0.3, 0.4) is 0 Å². The van der Waals surface area contributed by atoms with Gasteiger partial charge in [0.2, 0.25) is 0 Å². The molecule has 4 heteroatoms. The van der Waals surface area contributed by atoms with Gasteiger partial charge in [0.05, 0.1) is 6.20 Å². The Labute approximate surface area is 225 Å². The first kappa shape index (κ1) is 25.2. The number of carbonyl (C=O) groups excluding carboxylic acids is 1. The van der Waals surface area contributed by atoms with Crippen molar-refractivity contribution in [2.75, 3.05) is 5.32 Å². The van der Waals surface area contributed by atoms with Crippen LogP contribution in [0.25, 0.3) is 0 Å². The second-order valence-electron chi connectivity index (χ2n) is 9.04. The smallest absolute Gasteiger partial charge is 0.258 e. The lowest BCUT2D eigenvalue weighted by molar-refractivity contribution is 0.0968. The third-order valence-electron chi connectivity index (χ3n) is 6.50. The molecule has 2 N–H and O–H groups in total. The van der Waals surface area contributed by atoms with Gasteiger partial charge in [-0.2, -0.15) is 0 Å². The number of hydrogen-bond donors (Lipinski definition) is 2. The van der Waals surface area contributed by atoms with Crippen LogP contribution in [0.4, 0.5) is 5.69 Å². The van der Waals surface area contributed by atoms with Gasteiger partial charge in [-0.3, -0.25) is 10.1 Å². The van der Waals surface area contributed by atoms with Gasteiger partial charge in [0, 0.05) is 11.3 Å². The predicted octanol–water partition coefficient (Wildman–Crippen LogP) is 6.63. The summed E-state index contributed by atoms with van der Waals surface area (Å²) in [4.78, 5) is 13.7. The van der Waals surface area contributed by atoms with E-state index in [0.29, 0.717) is 5.56 Å². The maximum atomic E-state index is 13.7. The zero-order valence-corrected chi connectivity index (χ0v) is 22.2. The van der Waals surface area contributed by atoms with E-state index in [4.69, 9.17) is 0 Å². The normalized spacial score (nSPS) is 11.6. The third kappa shape index (κ3) is 5.29. The highest BCUT2D eigenvalue weighted by Gasteiger charge is 2.50. The summed E-state index contributed by atoms with van der Waals surface area (Å²) in [6.45, 7) is 2.07. The predicted molar refractivity (Wildman–Crippen MR) is 162 cm³/mol. The van der Waals surface area contributed by atoms with Gasteiger partial charge in [-0.15, -0.1) is 0 Å². The van der Waals surface area contributed by atoms with Gasteiger partial charge in [0.1, 0.15) is 15.9 Å². The molecule has 5 aromatic carbocycles. The molecule has 0 heterocycles. The summed E-state index contributed by atoms with van der Waals surface area (Å²) in [5, 5.41) is 10.3. The highest BCUT2D eigenvalue weighted by atomic mass is 31.2. The molecule has 3 nitrogen and oxygen atoms in total. The van der Waals surface area contributed by atoms with Crippen molar-refractivity contribution in [3.8, 4) is 0 Å². The number of benzene rings is 5. The molecule has 38 heavy (non-hydrogen) atoms. The Kier molecular flexibility index (Phi) is 7.78. The van der Waals surface area contributed by atoms with Gasteiger partial charge in [-0.25, -0.2) is 0 Å². The van der Waals surface area contributed by atoms with Gasteiger partial charge < -0.3 is 5.32 Å². The first-order valence-electron chi connectivity index (χ1n) is 12.6. The van der Waals surface area contributed by atoms with Gasteiger partial charge in [-0.1, -0.05) is 90.5 Å². The van der Waals surface area contributed by atoms with Crippen LogP contribution in [-0.4, -0.2) is 5.91 Å². The van der Waals surface area contributed by atoms with Crippen molar-refractivity contribution < 1.29 is 4.79 Å². The molecule has 0 saturated heterocycles. The molecule has 0 bridgehead atoms. The molecule has 5 rings (SSSR count). The van der Waals surface area contributed by atoms with Crippen molar-refractivity contribution >= 4 is 34.8 Å². The molecule has 0 aromatic heterocycles. The summed E-state index contributed by atoms with van der Waals surface area (Å²) >= 11 is 0. The topological polar surface area (TPSA) is 41.1 Å². The molecular formula is C34H30N2OP+. The number of amides is 1. The number of carbonyl (C=O) groups is 1. The summed E-state index contributed by atoms with van der Waals surface area (Å²) in [7, 11) is -2.52. The van der Waals surface area contributed by atoms with Gasteiger partial charge >= 0.3 is 0 Å². The molecule has 0 fully saturated rings. The maximum Gasteiger partial charge on any atom is 0.258 e. The van der Waals surface area contributed by atoms with Gasteiger partial charge in [-0.05, 0) is 67.6 Å². The quantitative estimate of drug-likeness (QED) is 0.229. The van der Waals surface area contributed by atoms with Crippen molar-refractivity contribution in [3.63, 3.8) is 0 Å². The summed E-state index contributed by atoms with van der Waals surface area (Å²) in [6.07, 6.45) is 1.98. The Hall–Kier alpha value is -4.46. The average molecular weight is 514 g/mol. The Morgan fingerprint density at radius 2 is 1.00 bits per heavy atom. The first-order valence-corrected chi connectivity index (χ1v) is 14.4. The Balaban J connectivity index is 1.76. The molecule has 0 radical (unpaired) electrons. The molecule has 0 aliphatic rings. The Morgan fingerprint density at radius 3 is 1.45 bits per heavy atom. The Morgan fingerprint density at radius 1 is 0.579 bits per heavy atom. The van der Waals surface area contributed by atoms with Crippen LogP contribution in [0.2, 0.25) is 0 Å². The summed E-state index contributed by atoms with van der Waals surface area (Å²) in [6, 6.07) is 49.2. The second kappa shape index (κ2) is 11.7. The minimum absolute atomic E-state index is 0.144. The molecular weight excluding hydrogens is 483 g/mol. The van der Waals surface area contributed by atoms with Crippen molar-refractivity contribution in [3.05, 3.63) is 168 Å². The SMILES string of the molecule is Cc1ccc(N/C=C(\NC(=O)c2ccccc2)[P+](c2ccccc2)(c2ccccc2)c2ccccc2)cc1. The van der Waals surface area contributed by atoms with Crippen LogP contribution in [0.15, 0.2) is 157 Å². The van der Waals surface area contributed by atoms with E-state index >= 15 is 0 Å². The van der Waals surface area contributed by atoms with Crippen LogP contribution in [0, 0.1) is 6.92 Å². The van der Waals surface area contributed by atoms with E-state index in [-0.39, 0.29) is 5.91 Å². The van der Waals surface area contributed by atoms with Crippen LogP contribution in [0.1, 0.15) is 15.9 Å². The van der Waals surface area contributed by atoms with Crippen LogP contribution >= 0.6 is 7.26 Å². The maximum absolute atomic E-state index is 13.7. The molecule has 0 aliphatic heterocycles. The largest absolute Gasteiger partial charge is 0.357 e. The lowest BCUT2D eigenvalue weighted by atomic mass is 10.2. The molecule has 186 valence electrons. The van der Waals surface area contributed by atoms with Crippen molar-refractivity contribution in [1.29, 1.82) is 0 Å². The number of rotatable bonds is 8. The first-order chi connectivity index (χ1) is 18.7. The average Bonchev–Trinajstić information content (AvgIpc) is 2.99. The summed E-state index contributed by atoms with van der Waals surface area (Å²) < 4.78 is 0. The van der Waals surface area contributed by atoms with E-state index in [0.717, 1.165) is 27.0 Å². The highest BCUT2D eigenvalue weighted by Crippen LogP contribution is 2.61. The van der Waals surface area contributed by atoms with E-state index < -0.39 is 7.26 Å². The van der Waals surface area contributed by atoms with Crippen molar-refractivity contribution in [2.45, 2.75) is 6.92 Å². The summed E-state index contributed by atoms with van der Waals surface area (Å²) in [5.74, 6) is -0.144. The van der Waals surface area contributed by atoms with Crippen LogP contribution in [0.5, 0.6) is 0 Å². The van der Waals surface area contributed by atoms with E-state index in [9.17, 15) is 4.79 Å². The fraction of sp³-hybridized carbons (Fsp3) is 0.0294. The minimum atomic E-state index is -2.52. The van der Waals surface area contributed by atoms with Crippen LogP contribution < -0.4 is 26.5 Å². The van der Waals surface area contributed by atoms with E-state index in [1.807, 2.05) is 54.7 Å². The number of aryl methyl sites for hydroxylation is 1. The standard InChI is InChI=1S/C34H29N2OP/c1-27-22-24-29(25-23-27)35-26-33(36-34(37)28-14-6-2-7-15-28)38(30-16-8-3-9-17-30,31-18-10-4-11-19-31)32-20-12-5-13-21-32/h2-26,35H,1H3/p+1/b33-26+. The zero-order valence-electron chi connectivity index (χ0n) is 21.3. The molecule has 0 atom stereocenters. The number of hydrogen-bond acceptors (Lipinski definition) is 2. The fourth-order valence-corrected chi connectivity index (χ4v) is 8.73. The van der Waals surface area contributed by atoms with Crippen LogP contribution in [-0.2, 0) is 0 Å². The Bertz CT molecular complexity index is 1400. The summed E-state index contributed by atoms with van der Waals surface area (Å²) in [5.41, 5.74) is 3.59. The molecule has 0 unspecified atom stereocenters. The van der Waals surface area contributed by atoms with E-state index in [1.165, 1.54) is 5.56 Å². The monoisotopic (exact) mass is 513 g/mol. The number of nitrogens with one attached hydrogen (secondary N) is 2. The third-order valence-corrected chi connectivity index (χ3v) is 10.7. The minimum Gasteiger partial charge on any atom is -0.357 e. The van der Waals surface area contributed by atoms with Gasteiger partial charge in [0.15, 0.2) is 12.7 Å². The van der Waals surface area contributed by atoms with Crippen molar-refractivity contribution in [2.24, 2.45) is 0 Å². The molecule has 0 aliphatic carbocycles. The molecule has 1 amide bonds. The zero-order chi connectivity index (χ0) is 26.2. The highest BCUT2D eigenvalue weighted by molar-refractivity contribution is 7.99. The lowest BCUT2D eigenvalue weighted by Crippen LogP contribution is -2.38. The van der Waals surface area contributed by atoms with Gasteiger partial charge in [0.25, 0.3) is 5.91 Å². The molecule has 0 saturated carbocycles. The number of anilines is 1. The second-order valence-corrected chi connectivity index (χ2v) is 12.4. The van der Waals surface area contributed by atoms with E-state index in [1.54, 1.807) is 0 Å². The van der Waals surface area contributed by atoms with Crippen molar-refractivity contribution in [1.82, 2.24) is 5.32 Å². The lowest BCUT2D eigenvalue weighted by Gasteiger charge is -2.29. The van der Waals surface area contributed by atoms with E-state index in [2.05, 4.69) is 115 Å². The molecule has 0 spiro atoms.